The van der Waals surface area contributed by atoms with Crippen LogP contribution in [0.5, 0.6) is 5.75 Å². The average Bonchev–Trinajstić information content (AvgIpc) is 2.44. The number of ether oxygens (including phenoxy) is 1. The van der Waals surface area contributed by atoms with E-state index in [1.165, 1.54) is 24.8 Å². The summed E-state index contributed by atoms with van der Waals surface area (Å²) in [6.07, 6.45) is 4.20. The van der Waals surface area contributed by atoms with Crippen molar-refractivity contribution in [3.05, 3.63) is 29.8 Å². The second kappa shape index (κ2) is 5.04. The second-order valence-electron chi connectivity index (χ2n) is 8.78. The van der Waals surface area contributed by atoms with Gasteiger partial charge in [-0.05, 0) is 65.5 Å². The molecule has 3 saturated carbocycles. The molecule has 0 aliphatic heterocycles. The number of hydrogen-bond donors (Lipinski definition) is 0. The molecular formula is C20H30O. The van der Waals surface area contributed by atoms with Crippen LogP contribution in [0.2, 0.25) is 0 Å². The van der Waals surface area contributed by atoms with Crippen LogP contribution in [0.15, 0.2) is 24.3 Å². The van der Waals surface area contributed by atoms with Crippen molar-refractivity contribution < 1.29 is 4.74 Å². The standard InChI is InChI=1S/C20H30O/c1-19(2,3)15-8-10-17(11-9-15)21-13-14-6-7-16-12-18(14)20(16,4)5/h8-11,14,16,18H,6-7,12-13H2,1-5H3/t14-,16-,18-/m1/s1. The predicted molar refractivity (Wildman–Crippen MR) is 88.7 cm³/mol. The Morgan fingerprint density at radius 1 is 1.10 bits per heavy atom. The van der Waals surface area contributed by atoms with Crippen LogP contribution in [0, 0.1) is 23.2 Å². The minimum absolute atomic E-state index is 0.215. The zero-order chi connectivity index (χ0) is 15.3. The third-order valence-electron chi connectivity index (χ3n) is 6.19. The number of hydrogen-bond acceptors (Lipinski definition) is 1. The molecule has 3 aliphatic rings. The molecular weight excluding hydrogens is 256 g/mol. The van der Waals surface area contributed by atoms with Crippen LogP contribution in [0.1, 0.15) is 59.4 Å². The van der Waals surface area contributed by atoms with Crippen molar-refractivity contribution in [2.75, 3.05) is 6.61 Å². The smallest absolute Gasteiger partial charge is 0.119 e. The number of benzene rings is 1. The zero-order valence-electron chi connectivity index (χ0n) is 14.3. The third-order valence-corrected chi connectivity index (χ3v) is 6.19. The summed E-state index contributed by atoms with van der Waals surface area (Å²) in [7, 11) is 0. The first-order chi connectivity index (χ1) is 9.78. The second-order valence-corrected chi connectivity index (χ2v) is 8.78. The Bertz CT molecular complexity index is 490. The summed E-state index contributed by atoms with van der Waals surface area (Å²) in [5, 5.41) is 0. The molecule has 21 heavy (non-hydrogen) atoms. The van der Waals surface area contributed by atoms with Gasteiger partial charge in [-0.2, -0.15) is 0 Å². The van der Waals surface area contributed by atoms with Gasteiger partial charge in [-0.1, -0.05) is 46.8 Å². The van der Waals surface area contributed by atoms with E-state index in [1.807, 2.05) is 0 Å². The SMILES string of the molecule is CC(C)(C)c1ccc(OC[C@H]2CC[C@@H]3C[C@H]2C3(C)C)cc1. The van der Waals surface area contributed by atoms with E-state index in [0.717, 1.165) is 30.1 Å². The lowest BCUT2D eigenvalue weighted by atomic mass is 9.46. The molecule has 0 N–H and O–H groups in total. The molecule has 3 aliphatic carbocycles. The fourth-order valence-electron chi connectivity index (χ4n) is 4.42. The van der Waals surface area contributed by atoms with Crippen LogP contribution in [-0.2, 0) is 5.41 Å². The van der Waals surface area contributed by atoms with E-state index in [2.05, 4.69) is 58.9 Å². The monoisotopic (exact) mass is 286 g/mol. The summed E-state index contributed by atoms with van der Waals surface area (Å²) >= 11 is 0. The fourth-order valence-corrected chi connectivity index (χ4v) is 4.42. The number of rotatable bonds is 3. The van der Waals surface area contributed by atoms with Gasteiger partial charge in [-0.15, -0.1) is 0 Å². The quantitative estimate of drug-likeness (QED) is 0.719. The molecule has 0 saturated heterocycles. The number of fused-ring (bicyclic) bond motifs is 2. The van der Waals surface area contributed by atoms with Gasteiger partial charge in [0.1, 0.15) is 5.75 Å². The van der Waals surface area contributed by atoms with Gasteiger partial charge >= 0.3 is 0 Å². The molecule has 3 fully saturated rings. The van der Waals surface area contributed by atoms with Gasteiger partial charge in [0.15, 0.2) is 0 Å². The summed E-state index contributed by atoms with van der Waals surface area (Å²) < 4.78 is 6.10. The van der Waals surface area contributed by atoms with Crippen molar-refractivity contribution in [2.24, 2.45) is 23.2 Å². The Labute approximate surface area is 130 Å². The van der Waals surface area contributed by atoms with Crippen molar-refractivity contribution in [2.45, 2.75) is 59.3 Å². The normalized spacial score (nSPS) is 30.6. The minimum atomic E-state index is 0.215. The van der Waals surface area contributed by atoms with E-state index in [9.17, 15) is 0 Å². The minimum Gasteiger partial charge on any atom is -0.493 e. The third kappa shape index (κ3) is 2.72. The summed E-state index contributed by atoms with van der Waals surface area (Å²) in [6.45, 7) is 12.6. The Morgan fingerprint density at radius 3 is 2.29 bits per heavy atom. The lowest BCUT2D eigenvalue weighted by Crippen LogP contribution is -2.53. The first kappa shape index (κ1) is 14.9. The Kier molecular flexibility index (Phi) is 3.58. The molecule has 0 radical (unpaired) electrons. The highest BCUT2D eigenvalue weighted by atomic mass is 16.5. The Morgan fingerprint density at radius 2 is 1.76 bits per heavy atom. The zero-order valence-corrected chi connectivity index (χ0v) is 14.3. The van der Waals surface area contributed by atoms with Gasteiger partial charge < -0.3 is 4.74 Å². The van der Waals surface area contributed by atoms with Crippen molar-refractivity contribution in [1.82, 2.24) is 0 Å². The highest BCUT2D eigenvalue weighted by molar-refractivity contribution is 5.31. The fraction of sp³-hybridized carbons (Fsp3) is 0.700. The van der Waals surface area contributed by atoms with Crippen LogP contribution in [-0.4, -0.2) is 6.61 Å². The molecule has 1 aromatic rings. The Balaban J connectivity index is 1.58. The molecule has 4 rings (SSSR count). The highest BCUT2D eigenvalue weighted by Crippen LogP contribution is 2.61. The van der Waals surface area contributed by atoms with Crippen LogP contribution in [0.3, 0.4) is 0 Å². The van der Waals surface area contributed by atoms with Gasteiger partial charge in [0, 0.05) is 0 Å². The van der Waals surface area contributed by atoms with E-state index < -0.39 is 0 Å². The van der Waals surface area contributed by atoms with Gasteiger partial charge in [0.25, 0.3) is 0 Å². The van der Waals surface area contributed by atoms with Crippen LogP contribution >= 0.6 is 0 Å². The molecule has 1 nitrogen and oxygen atoms in total. The van der Waals surface area contributed by atoms with Gasteiger partial charge in [-0.3, -0.25) is 0 Å². The maximum absolute atomic E-state index is 6.10. The first-order valence-corrected chi connectivity index (χ1v) is 8.52. The molecule has 1 heteroatoms. The van der Waals surface area contributed by atoms with E-state index in [0.29, 0.717) is 5.41 Å². The summed E-state index contributed by atoms with van der Waals surface area (Å²) in [5.41, 5.74) is 2.14. The average molecular weight is 286 g/mol. The van der Waals surface area contributed by atoms with Crippen LogP contribution in [0.25, 0.3) is 0 Å². The first-order valence-electron chi connectivity index (χ1n) is 8.52. The van der Waals surface area contributed by atoms with Gasteiger partial charge in [0.2, 0.25) is 0 Å². The maximum atomic E-state index is 6.10. The van der Waals surface area contributed by atoms with E-state index >= 15 is 0 Å². The molecule has 116 valence electrons. The van der Waals surface area contributed by atoms with Crippen LogP contribution in [0.4, 0.5) is 0 Å². The molecule has 0 aromatic heterocycles. The van der Waals surface area contributed by atoms with Crippen molar-refractivity contribution in [1.29, 1.82) is 0 Å². The molecule has 0 spiro atoms. The highest BCUT2D eigenvalue weighted by Gasteiger charge is 2.54. The summed E-state index contributed by atoms with van der Waals surface area (Å²) in [5.74, 6) is 3.64. The van der Waals surface area contributed by atoms with E-state index in [1.54, 1.807) is 0 Å². The largest absolute Gasteiger partial charge is 0.493 e. The lowest BCUT2D eigenvalue weighted by molar-refractivity contribution is -0.114. The molecule has 0 amide bonds. The van der Waals surface area contributed by atoms with Gasteiger partial charge in [-0.25, -0.2) is 0 Å². The van der Waals surface area contributed by atoms with Crippen molar-refractivity contribution in [3.63, 3.8) is 0 Å². The van der Waals surface area contributed by atoms with Crippen LogP contribution < -0.4 is 4.74 Å². The molecule has 0 unspecified atom stereocenters. The lowest BCUT2D eigenvalue weighted by Gasteiger charge is -2.60. The van der Waals surface area contributed by atoms with E-state index in [4.69, 9.17) is 4.74 Å². The molecule has 3 atom stereocenters. The van der Waals surface area contributed by atoms with Crippen molar-refractivity contribution in [3.8, 4) is 5.75 Å². The maximum Gasteiger partial charge on any atom is 0.119 e. The summed E-state index contributed by atoms with van der Waals surface area (Å²) in [6, 6.07) is 8.69. The molecule has 0 heterocycles. The topological polar surface area (TPSA) is 9.23 Å². The molecule has 1 aromatic carbocycles. The van der Waals surface area contributed by atoms with Gasteiger partial charge in [0.05, 0.1) is 6.61 Å². The Hall–Kier alpha value is -0.980. The molecule has 2 bridgehead atoms. The van der Waals surface area contributed by atoms with Crippen molar-refractivity contribution >= 4 is 0 Å². The summed E-state index contributed by atoms with van der Waals surface area (Å²) in [4.78, 5) is 0. The van der Waals surface area contributed by atoms with E-state index in [-0.39, 0.29) is 5.41 Å². The predicted octanol–water partition coefficient (Wildman–Crippen LogP) is 5.44.